The maximum Gasteiger partial charge on any atom is 0.227 e. The minimum absolute atomic E-state index is 0.243. The zero-order valence-electron chi connectivity index (χ0n) is 12.3. The van der Waals surface area contributed by atoms with Gasteiger partial charge in [0, 0.05) is 37.2 Å². The second-order valence-corrected chi connectivity index (χ2v) is 6.80. The standard InChI is InChI=1S/C16H23BrN2O/c1-13(2)12-18-6-8-19(9-7-18)16(20)11-14-4-3-5-15(17)10-14/h3-5,10,13H,6-9,11-12H2,1-2H3. The molecule has 0 bridgehead atoms. The topological polar surface area (TPSA) is 23.6 Å². The van der Waals surface area contributed by atoms with Gasteiger partial charge in [0.05, 0.1) is 6.42 Å². The summed E-state index contributed by atoms with van der Waals surface area (Å²) in [5, 5.41) is 0. The minimum Gasteiger partial charge on any atom is -0.340 e. The van der Waals surface area contributed by atoms with Crippen LogP contribution in [-0.2, 0) is 11.2 Å². The highest BCUT2D eigenvalue weighted by Crippen LogP contribution is 2.13. The summed E-state index contributed by atoms with van der Waals surface area (Å²) < 4.78 is 1.03. The van der Waals surface area contributed by atoms with Crippen LogP contribution in [0.5, 0.6) is 0 Å². The van der Waals surface area contributed by atoms with Crippen LogP contribution in [0.2, 0.25) is 0 Å². The fourth-order valence-corrected chi connectivity index (χ4v) is 3.08. The molecule has 1 amide bonds. The Bertz CT molecular complexity index is 454. The maximum atomic E-state index is 12.3. The van der Waals surface area contributed by atoms with Crippen LogP contribution >= 0.6 is 15.9 Å². The van der Waals surface area contributed by atoms with Gasteiger partial charge >= 0.3 is 0 Å². The number of benzene rings is 1. The van der Waals surface area contributed by atoms with Gasteiger partial charge in [-0.3, -0.25) is 9.69 Å². The van der Waals surface area contributed by atoms with Gasteiger partial charge in [0.2, 0.25) is 5.91 Å². The lowest BCUT2D eigenvalue weighted by atomic mass is 10.1. The number of nitrogens with zero attached hydrogens (tertiary/aromatic N) is 2. The van der Waals surface area contributed by atoms with E-state index in [2.05, 4.69) is 34.7 Å². The highest BCUT2D eigenvalue weighted by atomic mass is 79.9. The first-order valence-corrected chi connectivity index (χ1v) is 8.08. The third kappa shape index (κ3) is 4.60. The van der Waals surface area contributed by atoms with Crippen molar-refractivity contribution in [2.75, 3.05) is 32.7 Å². The number of rotatable bonds is 4. The second kappa shape index (κ2) is 7.23. The predicted octanol–water partition coefficient (Wildman–Crippen LogP) is 2.79. The summed E-state index contributed by atoms with van der Waals surface area (Å²) in [6.45, 7) is 9.34. The molecule has 0 aromatic heterocycles. The van der Waals surface area contributed by atoms with E-state index in [-0.39, 0.29) is 5.91 Å². The molecule has 0 N–H and O–H groups in total. The zero-order valence-corrected chi connectivity index (χ0v) is 13.9. The number of carbonyl (C=O) groups excluding carboxylic acids is 1. The average molecular weight is 339 g/mol. The van der Waals surface area contributed by atoms with Gasteiger partial charge in [0.25, 0.3) is 0 Å². The Labute approximate surface area is 130 Å². The Morgan fingerprint density at radius 3 is 2.55 bits per heavy atom. The van der Waals surface area contributed by atoms with Crippen molar-refractivity contribution in [2.24, 2.45) is 5.92 Å². The number of halogens is 1. The molecule has 1 saturated heterocycles. The first-order chi connectivity index (χ1) is 9.54. The number of piperazine rings is 1. The fraction of sp³-hybridized carbons (Fsp3) is 0.562. The summed E-state index contributed by atoms with van der Waals surface area (Å²) in [5.74, 6) is 0.936. The summed E-state index contributed by atoms with van der Waals surface area (Å²) in [4.78, 5) is 16.7. The molecule has 0 spiro atoms. The Hall–Kier alpha value is -0.870. The van der Waals surface area contributed by atoms with Crippen LogP contribution in [0.25, 0.3) is 0 Å². The Morgan fingerprint density at radius 2 is 1.95 bits per heavy atom. The molecule has 0 saturated carbocycles. The monoisotopic (exact) mass is 338 g/mol. The molecule has 0 unspecified atom stereocenters. The van der Waals surface area contributed by atoms with E-state index in [1.54, 1.807) is 0 Å². The van der Waals surface area contributed by atoms with Gasteiger partial charge in [-0.2, -0.15) is 0 Å². The Balaban J connectivity index is 1.83. The molecule has 1 aliphatic rings. The predicted molar refractivity (Wildman–Crippen MR) is 85.7 cm³/mol. The van der Waals surface area contributed by atoms with Crippen LogP contribution in [0.4, 0.5) is 0 Å². The molecule has 1 aromatic rings. The van der Waals surface area contributed by atoms with Gasteiger partial charge < -0.3 is 4.90 Å². The quantitative estimate of drug-likeness (QED) is 0.842. The molecule has 0 aliphatic carbocycles. The van der Waals surface area contributed by atoms with E-state index in [4.69, 9.17) is 0 Å². The number of hydrogen-bond acceptors (Lipinski definition) is 2. The molecule has 1 heterocycles. The molecular weight excluding hydrogens is 316 g/mol. The first-order valence-electron chi connectivity index (χ1n) is 7.29. The van der Waals surface area contributed by atoms with Crippen molar-refractivity contribution in [3.8, 4) is 0 Å². The van der Waals surface area contributed by atoms with Gasteiger partial charge in [-0.25, -0.2) is 0 Å². The molecule has 1 fully saturated rings. The highest BCUT2D eigenvalue weighted by molar-refractivity contribution is 9.10. The van der Waals surface area contributed by atoms with E-state index in [9.17, 15) is 4.79 Å². The first kappa shape index (κ1) is 15.5. The highest BCUT2D eigenvalue weighted by Gasteiger charge is 2.21. The largest absolute Gasteiger partial charge is 0.340 e. The van der Waals surface area contributed by atoms with Crippen LogP contribution in [0.1, 0.15) is 19.4 Å². The van der Waals surface area contributed by atoms with Crippen molar-refractivity contribution in [3.63, 3.8) is 0 Å². The average Bonchev–Trinajstić information content (AvgIpc) is 2.38. The molecule has 4 heteroatoms. The maximum absolute atomic E-state index is 12.3. The Kier molecular flexibility index (Phi) is 5.61. The summed E-state index contributed by atoms with van der Waals surface area (Å²) in [7, 11) is 0. The van der Waals surface area contributed by atoms with Gasteiger partial charge in [0.1, 0.15) is 0 Å². The van der Waals surface area contributed by atoms with Crippen molar-refractivity contribution in [2.45, 2.75) is 20.3 Å². The van der Waals surface area contributed by atoms with Crippen molar-refractivity contribution >= 4 is 21.8 Å². The summed E-state index contributed by atoms with van der Waals surface area (Å²) in [5.41, 5.74) is 1.08. The van der Waals surface area contributed by atoms with Gasteiger partial charge in [-0.05, 0) is 23.6 Å². The summed E-state index contributed by atoms with van der Waals surface area (Å²) >= 11 is 3.45. The van der Waals surface area contributed by atoms with E-state index in [1.807, 2.05) is 29.2 Å². The van der Waals surface area contributed by atoms with Crippen LogP contribution in [0, 0.1) is 5.92 Å². The molecule has 0 radical (unpaired) electrons. The third-order valence-corrected chi connectivity index (χ3v) is 4.09. The van der Waals surface area contributed by atoms with Gasteiger partial charge in [0.15, 0.2) is 0 Å². The molecule has 20 heavy (non-hydrogen) atoms. The molecule has 110 valence electrons. The van der Waals surface area contributed by atoms with Crippen LogP contribution in [0.3, 0.4) is 0 Å². The van der Waals surface area contributed by atoms with Crippen molar-refractivity contribution in [1.82, 2.24) is 9.80 Å². The Morgan fingerprint density at radius 1 is 1.25 bits per heavy atom. The normalized spacial score (nSPS) is 16.7. The lowest BCUT2D eigenvalue weighted by molar-refractivity contribution is -0.132. The van der Waals surface area contributed by atoms with Crippen LogP contribution < -0.4 is 0 Å². The van der Waals surface area contributed by atoms with Crippen LogP contribution in [0.15, 0.2) is 28.7 Å². The molecule has 2 rings (SSSR count). The third-order valence-electron chi connectivity index (χ3n) is 3.59. The van der Waals surface area contributed by atoms with E-state index in [0.717, 1.165) is 42.8 Å². The summed E-state index contributed by atoms with van der Waals surface area (Å²) in [6, 6.07) is 8.00. The lowest BCUT2D eigenvalue weighted by Crippen LogP contribution is -2.49. The van der Waals surface area contributed by atoms with Gasteiger partial charge in [-0.1, -0.05) is 41.9 Å². The van der Waals surface area contributed by atoms with E-state index < -0.39 is 0 Å². The second-order valence-electron chi connectivity index (χ2n) is 5.88. The van der Waals surface area contributed by atoms with Crippen molar-refractivity contribution < 1.29 is 4.79 Å². The minimum atomic E-state index is 0.243. The number of amides is 1. The van der Waals surface area contributed by atoms with E-state index in [0.29, 0.717) is 12.3 Å². The number of carbonyl (C=O) groups is 1. The lowest BCUT2D eigenvalue weighted by Gasteiger charge is -2.35. The smallest absolute Gasteiger partial charge is 0.227 e. The molecule has 1 aliphatic heterocycles. The zero-order chi connectivity index (χ0) is 14.5. The molecule has 1 aromatic carbocycles. The molecule has 3 nitrogen and oxygen atoms in total. The van der Waals surface area contributed by atoms with Gasteiger partial charge in [-0.15, -0.1) is 0 Å². The fourth-order valence-electron chi connectivity index (χ4n) is 2.63. The van der Waals surface area contributed by atoms with Crippen molar-refractivity contribution in [3.05, 3.63) is 34.3 Å². The van der Waals surface area contributed by atoms with Crippen LogP contribution in [-0.4, -0.2) is 48.4 Å². The SMILES string of the molecule is CC(C)CN1CCN(C(=O)Cc2cccc(Br)c2)CC1. The molecule has 0 atom stereocenters. The van der Waals surface area contributed by atoms with E-state index in [1.165, 1.54) is 0 Å². The summed E-state index contributed by atoms with van der Waals surface area (Å²) in [6.07, 6.45) is 0.504. The molecular formula is C16H23BrN2O. The van der Waals surface area contributed by atoms with Crippen molar-refractivity contribution in [1.29, 1.82) is 0 Å². The number of hydrogen-bond donors (Lipinski definition) is 0. The van der Waals surface area contributed by atoms with E-state index >= 15 is 0 Å².